The molecule has 3 heterocycles. The maximum absolute atomic E-state index is 14.1. The molecule has 1 aromatic rings. The summed E-state index contributed by atoms with van der Waals surface area (Å²) in [7, 11) is 0. The van der Waals surface area contributed by atoms with E-state index in [1.807, 2.05) is 0 Å². The number of aromatic nitrogens is 2. The molecule has 4 atom stereocenters. The molecular weight excluding hydrogens is 283 g/mol. The van der Waals surface area contributed by atoms with E-state index in [0.717, 1.165) is 0 Å². The second-order valence-electron chi connectivity index (χ2n) is 5.36. The van der Waals surface area contributed by atoms with E-state index in [9.17, 15) is 14.3 Å². The van der Waals surface area contributed by atoms with Crippen LogP contribution < -0.4 is 5.73 Å². The molecule has 114 valence electrons. The maximum Gasteiger partial charge on any atom is 0.192 e. The lowest BCUT2D eigenvalue weighted by atomic mass is 9.98. The van der Waals surface area contributed by atoms with E-state index >= 15 is 0 Å². The van der Waals surface area contributed by atoms with Crippen molar-refractivity contribution in [1.82, 2.24) is 9.55 Å². The summed E-state index contributed by atoms with van der Waals surface area (Å²) in [5.74, 6) is -0.0633. The van der Waals surface area contributed by atoms with Gasteiger partial charge in [-0.15, -0.1) is 0 Å². The van der Waals surface area contributed by atoms with Gasteiger partial charge in [0.2, 0.25) is 0 Å². The molecule has 1 aromatic heterocycles. The first-order valence-corrected chi connectivity index (χ1v) is 6.42. The van der Waals surface area contributed by atoms with Crippen molar-refractivity contribution in [3.05, 3.63) is 12.0 Å². The highest BCUT2D eigenvalue weighted by atomic mass is 19.1. The number of ketones is 1. The van der Waals surface area contributed by atoms with Gasteiger partial charge in [0, 0.05) is 0 Å². The average molecular weight is 298 g/mol. The van der Waals surface area contributed by atoms with E-state index in [2.05, 4.69) is 9.98 Å². The van der Waals surface area contributed by atoms with Crippen LogP contribution in [0.25, 0.3) is 0 Å². The number of hydrogen-bond donors (Lipinski definition) is 3. The molecule has 1 fully saturated rings. The van der Waals surface area contributed by atoms with Gasteiger partial charge in [0.15, 0.2) is 29.7 Å². The Morgan fingerprint density at radius 1 is 1.67 bits per heavy atom. The number of carbonyl (C=O) groups excluding carboxylic acids is 1. The number of carbonyl (C=O) groups is 1. The first-order valence-electron chi connectivity index (χ1n) is 6.42. The fourth-order valence-electron chi connectivity index (χ4n) is 2.63. The molecule has 2 aliphatic rings. The normalized spacial score (nSPS) is 35.7. The van der Waals surface area contributed by atoms with Gasteiger partial charge in [-0.3, -0.25) is 9.36 Å². The van der Waals surface area contributed by atoms with Crippen LogP contribution in [0.15, 0.2) is 11.3 Å². The minimum absolute atomic E-state index is 0.0308. The highest BCUT2D eigenvalue weighted by Gasteiger charge is 2.55. The molecule has 0 aliphatic carbocycles. The van der Waals surface area contributed by atoms with Gasteiger partial charge in [-0.1, -0.05) is 0 Å². The number of nitrogens with two attached hydrogens (primary N) is 1. The zero-order chi connectivity index (χ0) is 15.4. The van der Waals surface area contributed by atoms with Crippen molar-refractivity contribution in [1.29, 1.82) is 0 Å². The number of Topliss-reactive ketones (excluding diaryl/α,β-unsaturated/α-hetero) is 1. The van der Waals surface area contributed by atoms with Gasteiger partial charge in [0.1, 0.15) is 17.5 Å². The van der Waals surface area contributed by atoms with Crippen LogP contribution in [-0.2, 0) is 4.74 Å². The van der Waals surface area contributed by atoms with Gasteiger partial charge in [-0.2, -0.15) is 0 Å². The molecule has 8 nitrogen and oxygen atoms in total. The van der Waals surface area contributed by atoms with Crippen LogP contribution in [0.5, 0.6) is 0 Å². The average Bonchev–Trinajstić information content (AvgIpc) is 2.91. The summed E-state index contributed by atoms with van der Waals surface area (Å²) in [6.45, 7) is 0.678. The Hall–Kier alpha value is -1.84. The molecule has 21 heavy (non-hydrogen) atoms. The van der Waals surface area contributed by atoms with Crippen LogP contribution in [0.2, 0.25) is 0 Å². The van der Waals surface area contributed by atoms with Crippen molar-refractivity contribution in [2.45, 2.75) is 37.4 Å². The third kappa shape index (κ3) is 1.96. The maximum atomic E-state index is 14.1. The lowest BCUT2D eigenvalue weighted by molar-refractivity contribution is -0.0901. The number of aliphatic hydroxyl groups excluding tert-OH is 1. The fourth-order valence-corrected chi connectivity index (χ4v) is 2.63. The predicted molar refractivity (Wildman–Crippen MR) is 69.0 cm³/mol. The number of rotatable bonds is 2. The number of ether oxygens (including phenoxy) is 1. The van der Waals surface area contributed by atoms with Gasteiger partial charge in [0.05, 0.1) is 19.4 Å². The monoisotopic (exact) mass is 298 g/mol. The highest BCUT2D eigenvalue weighted by molar-refractivity contribution is 6.13. The minimum atomic E-state index is -1.90. The molecule has 2 aliphatic heterocycles. The van der Waals surface area contributed by atoms with Crippen LogP contribution in [-0.4, -0.2) is 55.9 Å². The Morgan fingerprint density at radius 2 is 2.38 bits per heavy atom. The lowest BCUT2D eigenvalue weighted by Crippen LogP contribution is -2.41. The third-order valence-electron chi connectivity index (χ3n) is 3.74. The first-order chi connectivity index (χ1) is 9.86. The number of aliphatic hydroxyl groups is 2. The number of halogens is 1. The molecule has 1 saturated heterocycles. The van der Waals surface area contributed by atoms with Crippen molar-refractivity contribution < 1.29 is 24.1 Å². The van der Waals surface area contributed by atoms with Crippen LogP contribution in [0.1, 0.15) is 30.1 Å². The summed E-state index contributed by atoms with van der Waals surface area (Å²) in [5, 5.41) is 19.4. The predicted octanol–water partition coefficient (Wildman–Crippen LogP) is -0.563. The molecule has 3 rings (SSSR count). The molecule has 0 bridgehead atoms. The van der Waals surface area contributed by atoms with E-state index in [1.54, 1.807) is 0 Å². The van der Waals surface area contributed by atoms with Crippen molar-refractivity contribution in [2.75, 3.05) is 6.61 Å². The molecule has 0 aromatic carbocycles. The minimum Gasteiger partial charge on any atom is -0.394 e. The Bertz CT molecular complexity index is 627. The summed E-state index contributed by atoms with van der Waals surface area (Å²) in [4.78, 5) is 19.8. The number of imidazole rings is 1. The third-order valence-corrected chi connectivity index (χ3v) is 3.74. The van der Waals surface area contributed by atoms with Crippen molar-refractivity contribution >= 4 is 17.4 Å². The summed E-state index contributed by atoms with van der Waals surface area (Å²) < 4.78 is 20.7. The Kier molecular flexibility index (Phi) is 3.08. The van der Waals surface area contributed by atoms with E-state index in [1.165, 1.54) is 17.8 Å². The molecule has 9 heteroatoms. The van der Waals surface area contributed by atoms with Gasteiger partial charge >= 0.3 is 0 Å². The van der Waals surface area contributed by atoms with E-state index < -0.39 is 30.7 Å². The quantitative estimate of drug-likeness (QED) is 0.672. The lowest BCUT2D eigenvalue weighted by Gasteiger charge is -2.27. The molecule has 0 spiro atoms. The Labute approximate surface area is 119 Å². The molecule has 4 N–H and O–H groups in total. The summed E-state index contributed by atoms with van der Waals surface area (Å²) in [6, 6.07) is 0. The number of alkyl halides is 1. The molecule has 0 unspecified atom stereocenters. The SMILES string of the molecule is C[C@@]1(O)[C@H](F)[C@@H](CO)O[C@H]1n1cnc2c1N=C(N)CC2=O. The van der Waals surface area contributed by atoms with Gasteiger partial charge < -0.3 is 20.7 Å². The number of nitrogens with zero attached hydrogens (tertiary/aromatic N) is 3. The van der Waals surface area contributed by atoms with Crippen molar-refractivity contribution in [3.8, 4) is 0 Å². The Balaban J connectivity index is 2.05. The zero-order valence-electron chi connectivity index (χ0n) is 11.2. The summed E-state index contributed by atoms with van der Waals surface area (Å²) in [5.41, 5.74) is 3.79. The van der Waals surface area contributed by atoms with Gasteiger partial charge in [-0.05, 0) is 6.92 Å². The largest absolute Gasteiger partial charge is 0.394 e. The summed E-state index contributed by atoms with van der Waals surface area (Å²) in [6.07, 6.45) is -2.90. The fraction of sp³-hybridized carbons (Fsp3) is 0.583. The topological polar surface area (TPSA) is 123 Å². The van der Waals surface area contributed by atoms with E-state index in [4.69, 9.17) is 15.6 Å². The molecule has 0 amide bonds. The van der Waals surface area contributed by atoms with E-state index in [-0.39, 0.29) is 29.6 Å². The van der Waals surface area contributed by atoms with Gasteiger partial charge in [0.25, 0.3) is 0 Å². The van der Waals surface area contributed by atoms with Crippen molar-refractivity contribution in [2.24, 2.45) is 10.7 Å². The van der Waals surface area contributed by atoms with E-state index in [0.29, 0.717) is 0 Å². The standard InChI is InChI=1S/C12H15FN4O4/c1-12(20)9(13)6(3-18)21-11(12)17-4-15-8-5(19)2-7(14)16-10(8)17/h4,6,9,11,18,20H,2-3H2,1H3,(H2,14,16)/t6-,9-,11-,12-/m1/s1. The van der Waals surface area contributed by atoms with Crippen LogP contribution in [0, 0.1) is 0 Å². The Morgan fingerprint density at radius 3 is 3.00 bits per heavy atom. The number of hydrogen-bond acceptors (Lipinski definition) is 7. The second kappa shape index (κ2) is 4.58. The highest BCUT2D eigenvalue weighted by Crippen LogP contribution is 2.42. The van der Waals surface area contributed by atoms with Crippen LogP contribution in [0.3, 0.4) is 0 Å². The molecule has 0 radical (unpaired) electrons. The zero-order valence-corrected chi connectivity index (χ0v) is 11.2. The first kappa shape index (κ1) is 14.1. The van der Waals surface area contributed by atoms with Crippen LogP contribution in [0.4, 0.5) is 10.2 Å². The summed E-state index contributed by atoms with van der Waals surface area (Å²) >= 11 is 0. The number of amidine groups is 1. The molecular formula is C12H15FN4O4. The molecule has 0 saturated carbocycles. The van der Waals surface area contributed by atoms with Crippen LogP contribution >= 0.6 is 0 Å². The second-order valence-corrected chi connectivity index (χ2v) is 5.36. The van der Waals surface area contributed by atoms with Crippen molar-refractivity contribution in [3.63, 3.8) is 0 Å². The number of fused-ring (bicyclic) bond motifs is 1. The smallest absolute Gasteiger partial charge is 0.192 e. The number of aliphatic imine (C=N–C) groups is 1. The van der Waals surface area contributed by atoms with Gasteiger partial charge in [-0.25, -0.2) is 14.4 Å².